The van der Waals surface area contributed by atoms with Crippen LogP contribution in [0.4, 0.5) is 5.13 Å². The summed E-state index contributed by atoms with van der Waals surface area (Å²) in [5.41, 5.74) is 1.16. The lowest BCUT2D eigenvalue weighted by atomic mass is 10.2. The smallest absolute Gasteiger partial charge is 0.267 e. The minimum atomic E-state index is -0.512. The molecule has 0 saturated heterocycles. The highest BCUT2D eigenvalue weighted by Gasteiger charge is 2.19. The van der Waals surface area contributed by atoms with Crippen LogP contribution in [0.5, 0.6) is 5.75 Å². The molecule has 2 aromatic rings. The summed E-state index contributed by atoms with van der Waals surface area (Å²) in [6.45, 7) is 5.89. The summed E-state index contributed by atoms with van der Waals surface area (Å²) in [7, 11) is 0. The number of aryl methyl sites for hydroxylation is 2. The Balaban J connectivity index is 2.00. The van der Waals surface area contributed by atoms with Crippen LogP contribution in [0.3, 0.4) is 0 Å². The normalized spacial score (nSPS) is 11.9. The molecule has 1 atom stereocenters. The van der Waals surface area contributed by atoms with Gasteiger partial charge in [0.15, 0.2) is 11.2 Å². The van der Waals surface area contributed by atoms with Crippen LogP contribution >= 0.6 is 11.3 Å². The summed E-state index contributed by atoms with van der Waals surface area (Å²) in [5, 5.41) is 3.40. The van der Waals surface area contributed by atoms with E-state index >= 15 is 0 Å². The summed E-state index contributed by atoms with van der Waals surface area (Å²) in [6.07, 6.45) is 1.83. The molecule has 4 nitrogen and oxygen atoms in total. The van der Waals surface area contributed by atoms with Crippen molar-refractivity contribution >= 4 is 22.4 Å². The Morgan fingerprint density at radius 2 is 2.05 bits per heavy atom. The van der Waals surface area contributed by atoms with E-state index in [2.05, 4.69) is 10.3 Å². The average molecular weight is 290 g/mol. The Kier molecular flexibility index (Phi) is 4.74. The molecule has 0 unspecified atom stereocenters. The molecule has 1 aromatic heterocycles. The number of anilines is 1. The molecule has 1 aromatic carbocycles. The van der Waals surface area contributed by atoms with Crippen molar-refractivity contribution in [2.75, 3.05) is 5.32 Å². The maximum atomic E-state index is 12.2. The largest absolute Gasteiger partial charge is 0.481 e. The summed E-state index contributed by atoms with van der Waals surface area (Å²) in [6, 6.07) is 7.67. The number of nitrogens with one attached hydrogen (secondary N) is 1. The lowest BCUT2D eigenvalue weighted by Crippen LogP contribution is -2.32. The zero-order chi connectivity index (χ0) is 14.5. The van der Waals surface area contributed by atoms with Crippen LogP contribution < -0.4 is 10.1 Å². The molecule has 1 N–H and O–H groups in total. The molecule has 1 amide bonds. The molecular formula is C15H18N2O2S. The van der Waals surface area contributed by atoms with E-state index in [1.54, 1.807) is 6.20 Å². The lowest BCUT2D eigenvalue weighted by molar-refractivity contribution is -0.122. The molecule has 1 heterocycles. The number of hydrogen-bond donors (Lipinski definition) is 1. The molecule has 0 aliphatic heterocycles. The van der Waals surface area contributed by atoms with E-state index < -0.39 is 6.10 Å². The SMILES string of the molecule is CC[C@@H](Oc1ccc(C)cc1)C(=O)Nc1ncc(C)s1. The van der Waals surface area contributed by atoms with Crippen LogP contribution in [0, 0.1) is 13.8 Å². The van der Waals surface area contributed by atoms with Crippen LogP contribution in [-0.2, 0) is 4.79 Å². The van der Waals surface area contributed by atoms with Crippen molar-refractivity contribution in [3.63, 3.8) is 0 Å². The van der Waals surface area contributed by atoms with Crippen molar-refractivity contribution in [1.82, 2.24) is 4.98 Å². The fourth-order valence-corrected chi connectivity index (χ4v) is 2.37. The van der Waals surface area contributed by atoms with Gasteiger partial charge in [-0.15, -0.1) is 11.3 Å². The van der Waals surface area contributed by atoms with Gasteiger partial charge in [0.1, 0.15) is 5.75 Å². The highest BCUT2D eigenvalue weighted by molar-refractivity contribution is 7.15. The molecule has 0 bridgehead atoms. The van der Waals surface area contributed by atoms with Gasteiger partial charge in [0.05, 0.1) is 0 Å². The fraction of sp³-hybridized carbons (Fsp3) is 0.333. The van der Waals surface area contributed by atoms with Crippen molar-refractivity contribution < 1.29 is 9.53 Å². The predicted molar refractivity (Wildman–Crippen MR) is 81.4 cm³/mol. The number of carbonyl (C=O) groups is 1. The van der Waals surface area contributed by atoms with Gasteiger partial charge in [-0.25, -0.2) is 4.98 Å². The van der Waals surface area contributed by atoms with Crippen LogP contribution in [0.25, 0.3) is 0 Å². The Bertz CT molecular complexity index is 578. The van der Waals surface area contributed by atoms with E-state index in [1.165, 1.54) is 11.3 Å². The number of ether oxygens (including phenoxy) is 1. The number of rotatable bonds is 5. The quantitative estimate of drug-likeness (QED) is 0.916. The van der Waals surface area contributed by atoms with E-state index in [1.807, 2.05) is 45.0 Å². The summed E-state index contributed by atoms with van der Waals surface area (Å²) in [4.78, 5) is 17.3. The Morgan fingerprint density at radius 1 is 1.35 bits per heavy atom. The molecule has 0 aliphatic carbocycles. The molecule has 0 spiro atoms. The van der Waals surface area contributed by atoms with Gasteiger partial charge in [0.25, 0.3) is 5.91 Å². The third kappa shape index (κ3) is 3.81. The maximum absolute atomic E-state index is 12.2. The highest BCUT2D eigenvalue weighted by atomic mass is 32.1. The first kappa shape index (κ1) is 14.5. The summed E-state index contributed by atoms with van der Waals surface area (Å²) < 4.78 is 5.72. The Labute approximate surface area is 122 Å². The second-order valence-corrected chi connectivity index (χ2v) is 5.83. The van der Waals surface area contributed by atoms with E-state index in [9.17, 15) is 4.79 Å². The number of nitrogens with zero attached hydrogens (tertiary/aromatic N) is 1. The zero-order valence-electron chi connectivity index (χ0n) is 11.8. The third-order valence-electron chi connectivity index (χ3n) is 2.81. The first-order valence-corrected chi connectivity index (χ1v) is 7.36. The van der Waals surface area contributed by atoms with Gasteiger partial charge in [-0.1, -0.05) is 24.6 Å². The van der Waals surface area contributed by atoms with Crippen molar-refractivity contribution in [2.24, 2.45) is 0 Å². The number of aromatic nitrogens is 1. The van der Waals surface area contributed by atoms with E-state index in [0.717, 1.165) is 10.4 Å². The summed E-state index contributed by atoms with van der Waals surface area (Å²) in [5.74, 6) is 0.537. The van der Waals surface area contributed by atoms with Gasteiger partial charge in [-0.3, -0.25) is 10.1 Å². The molecule has 0 radical (unpaired) electrons. The number of thiazole rings is 1. The molecular weight excluding hydrogens is 272 g/mol. The first-order chi connectivity index (χ1) is 9.58. The van der Waals surface area contributed by atoms with Crippen LogP contribution in [0.1, 0.15) is 23.8 Å². The van der Waals surface area contributed by atoms with Crippen molar-refractivity contribution in [2.45, 2.75) is 33.3 Å². The standard InChI is InChI=1S/C15H18N2O2S/c1-4-13(19-12-7-5-10(2)6-8-12)14(18)17-15-16-9-11(3)20-15/h5-9,13H,4H2,1-3H3,(H,16,17,18)/t13-/m1/s1. The number of benzene rings is 1. The zero-order valence-corrected chi connectivity index (χ0v) is 12.7. The molecule has 0 saturated carbocycles. The molecule has 0 aliphatic rings. The van der Waals surface area contributed by atoms with Gasteiger partial charge in [0.2, 0.25) is 0 Å². The van der Waals surface area contributed by atoms with Crippen LogP contribution in [0.2, 0.25) is 0 Å². The van der Waals surface area contributed by atoms with Crippen molar-refractivity contribution in [3.05, 3.63) is 40.9 Å². The van der Waals surface area contributed by atoms with Crippen molar-refractivity contribution in [1.29, 1.82) is 0 Å². The van der Waals surface area contributed by atoms with E-state index in [0.29, 0.717) is 17.3 Å². The van der Waals surface area contributed by atoms with Gasteiger partial charge >= 0.3 is 0 Å². The summed E-state index contributed by atoms with van der Waals surface area (Å²) >= 11 is 1.45. The van der Waals surface area contributed by atoms with Gasteiger partial charge in [-0.05, 0) is 32.4 Å². The van der Waals surface area contributed by atoms with E-state index in [-0.39, 0.29) is 5.91 Å². The average Bonchev–Trinajstić information content (AvgIpc) is 2.83. The number of amides is 1. The third-order valence-corrected chi connectivity index (χ3v) is 3.64. The maximum Gasteiger partial charge on any atom is 0.267 e. The topological polar surface area (TPSA) is 51.2 Å². The van der Waals surface area contributed by atoms with Crippen molar-refractivity contribution in [3.8, 4) is 5.75 Å². The fourth-order valence-electron chi connectivity index (χ4n) is 1.70. The van der Waals surface area contributed by atoms with Gasteiger partial charge in [0, 0.05) is 11.1 Å². The monoisotopic (exact) mass is 290 g/mol. The highest BCUT2D eigenvalue weighted by Crippen LogP contribution is 2.19. The predicted octanol–water partition coefficient (Wildman–Crippen LogP) is 3.56. The van der Waals surface area contributed by atoms with Crippen LogP contribution in [-0.4, -0.2) is 17.0 Å². The molecule has 2 rings (SSSR count). The molecule has 0 fully saturated rings. The molecule has 20 heavy (non-hydrogen) atoms. The minimum Gasteiger partial charge on any atom is -0.481 e. The van der Waals surface area contributed by atoms with Gasteiger partial charge in [-0.2, -0.15) is 0 Å². The Morgan fingerprint density at radius 3 is 2.60 bits per heavy atom. The van der Waals surface area contributed by atoms with Crippen LogP contribution in [0.15, 0.2) is 30.5 Å². The van der Waals surface area contributed by atoms with E-state index in [4.69, 9.17) is 4.74 Å². The lowest BCUT2D eigenvalue weighted by Gasteiger charge is -2.16. The second-order valence-electron chi connectivity index (χ2n) is 4.59. The molecule has 106 valence electrons. The molecule has 5 heteroatoms. The number of carbonyl (C=O) groups excluding carboxylic acids is 1. The second kappa shape index (κ2) is 6.52. The number of hydrogen-bond acceptors (Lipinski definition) is 4. The minimum absolute atomic E-state index is 0.164. The van der Waals surface area contributed by atoms with Gasteiger partial charge < -0.3 is 4.74 Å². The Hall–Kier alpha value is -1.88. The first-order valence-electron chi connectivity index (χ1n) is 6.55.